The van der Waals surface area contributed by atoms with E-state index in [0.29, 0.717) is 5.57 Å². The van der Waals surface area contributed by atoms with Crippen LogP contribution in [0.15, 0.2) is 11.3 Å². The fraction of sp³-hybridized carbons (Fsp3) is 0.812. The Kier molecular flexibility index (Phi) is 9.93. The second kappa shape index (κ2) is 10.2. The first kappa shape index (κ1) is 18.4. The molecule has 0 saturated heterocycles. The largest absolute Gasteiger partial charge is 0.478 e. The highest BCUT2D eigenvalue weighted by Gasteiger charge is 2.29. The molecule has 19 heavy (non-hydrogen) atoms. The molecule has 0 aliphatic heterocycles. The lowest BCUT2D eigenvalue weighted by Crippen LogP contribution is -2.33. The Morgan fingerprint density at radius 3 is 1.58 bits per heavy atom. The minimum atomic E-state index is -1.53. The van der Waals surface area contributed by atoms with Crippen molar-refractivity contribution in [3.05, 3.63) is 11.3 Å². The van der Waals surface area contributed by atoms with Crippen molar-refractivity contribution >= 4 is 14.0 Å². The summed E-state index contributed by atoms with van der Waals surface area (Å²) in [7, 11) is -1.53. The van der Waals surface area contributed by atoms with Gasteiger partial charge in [-0.15, -0.1) is 0 Å². The molecule has 0 heterocycles. The van der Waals surface area contributed by atoms with Gasteiger partial charge in [-0.1, -0.05) is 83.1 Å². The first-order valence-electron chi connectivity index (χ1n) is 7.94. The number of hydrogen-bond acceptors (Lipinski definition) is 1. The molecule has 3 heteroatoms. The summed E-state index contributed by atoms with van der Waals surface area (Å²) in [5.41, 5.74) is 2.78. The van der Waals surface area contributed by atoms with Gasteiger partial charge < -0.3 is 5.11 Å². The van der Waals surface area contributed by atoms with Crippen molar-refractivity contribution < 1.29 is 9.90 Å². The Bertz CT molecular complexity index is 263. The summed E-state index contributed by atoms with van der Waals surface area (Å²) in [6.07, 6.45) is 7.40. The normalized spacial score (nSPS) is 12.7. The van der Waals surface area contributed by atoms with Gasteiger partial charge in [0.05, 0.1) is 8.07 Å². The van der Waals surface area contributed by atoms with E-state index in [0.717, 1.165) is 0 Å². The SMILES string of the molecule is CCCC[Si](/C=C(\C)C(=O)O)(CCCC)CCCC. The van der Waals surface area contributed by atoms with Gasteiger partial charge in [-0.2, -0.15) is 0 Å². The number of carboxylic acid groups (broad SMARTS) is 1. The predicted molar refractivity (Wildman–Crippen MR) is 86.3 cm³/mol. The third-order valence-corrected chi connectivity index (χ3v) is 9.04. The van der Waals surface area contributed by atoms with E-state index < -0.39 is 14.0 Å². The third-order valence-electron chi connectivity index (χ3n) is 3.94. The van der Waals surface area contributed by atoms with Crippen LogP contribution in [-0.2, 0) is 4.79 Å². The molecule has 0 unspecified atom stereocenters. The average Bonchev–Trinajstić information content (AvgIpc) is 2.40. The first-order valence-corrected chi connectivity index (χ1v) is 10.6. The maximum absolute atomic E-state index is 11.2. The molecule has 0 aliphatic rings. The summed E-state index contributed by atoms with van der Waals surface area (Å²) >= 11 is 0. The summed E-state index contributed by atoms with van der Waals surface area (Å²) in [5, 5.41) is 9.18. The maximum atomic E-state index is 11.2. The van der Waals surface area contributed by atoms with Crippen molar-refractivity contribution in [3.63, 3.8) is 0 Å². The lowest BCUT2D eigenvalue weighted by molar-refractivity contribution is -0.132. The van der Waals surface area contributed by atoms with Crippen LogP contribution >= 0.6 is 0 Å². The lowest BCUT2D eigenvalue weighted by atomic mass is 10.4. The molecule has 0 saturated carbocycles. The van der Waals surface area contributed by atoms with E-state index in [4.69, 9.17) is 0 Å². The van der Waals surface area contributed by atoms with Crippen LogP contribution in [-0.4, -0.2) is 19.1 Å². The summed E-state index contributed by atoms with van der Waals surface area (Å²) in [6.45, 7) is 8.46. The monoisotopic (exact) mass is 284 g/mol. The van der Waals surface area contributed by atoms with Crippen LogP contribution in [0.1, 0.15) is 66.2 Å². The Balaban J connectivity index is 5.07. The van der Waals surface area contributed by atoms with Gasteiger partial charge in [0.1, 0.15) is 0 Å². The van der Waals surface area contributed by atoms with E-state index >= 15 is 0 Å². The van der Waals surface area contributed by atoms with Crippen LogP contribution < -0.4 is 0 Å². The molecule has 0 rings (SSSR count). The molecule has 2 nitrogen and oxygen atoms in total. The predicted octanol–water partition coefficient (Wildman–Crippen LogP) is 5.41. The molecule has 0 atom stereocenters. The molecule has 0 radical (unpaired) electrons. The van der Waals surface area contributed by atoms with Gasteiger partial charge >= 0.3 is 5.97 Å². The molecule has 0 aliphatic carbocycles. The van der Waals surface area contributed by atoms with Gasteiger partial charge in [0.15, 0.2) is 0 Å². The summed E-state index contributed by atoms with van der Waals surface area (Å²) in [5.74, 6) is -0.735. The smallest absolute Gasteiger partial charge is 0.330 e. The van der Waals surface area contributed by atoms with Crippen molar-refractivity contribution in [1.82, 2.24) is 0 Å². The molecule has 0 spiro atoms. The second-order valence-electron chi connectivity index (χ2n) is 5.81. The zero-order chi connectivity index (χ0) is 14.7. The van der Waals surface area contributed by atoms with Gasteiger partial charge in [0, 0.05) is 5.57 Å². The highest BCUT2D eigenvalue weighted by atomic mass is 28.3. The number of hydrogen-bond donors (Lipinski definition) is 1. The summed E-state index contributed by atoms with van der Waals surface area (Å²) in [6, 6.07) is 3.82. The number of unbranched alkanes of at least 4 members (excludes halogenated alkanes) is 3. The van der Waals surface area contributed by atoms with Crippen molar-refractivity contribution in [3.8, 4) is 0 Å². The highest BCUT2D eigenvalue weighted by Crippen LogP contribution is 2.30. The van der Waals surface area contributed by atoms with Gasteiger partial charge in [-0.3, -0.25) is 0 Å². The molecule has 0 amide bonds. The van der Waals surface area contributed by atoms with Crippen LogP contribution in [0.4, 0.5) is 0 Å². The molecular weight excluding hydrogens is 252 g/mol. The molecule has 112 valence electrons. The first-order chi connectivity index (χ1) is 9.01. The van der Waals surface area contributed by atoms with E-state index in [-0.39, 0.29) is 0 Å². The fourth-order valence-corrected chi connectivity index (χ4v) is 8.10. The van der Waals surface area contributed by atoms with Crippen molar-refractivity contribution in [1.29, 1.82) is 0 Å². The van der Waals surface area contributed by atoms with E-state index in [1.54, 1.807) is 6.92 Å². The Morgan fingerprint density at radius 1 is 0.947 bits per heavy atom. The van der Waals surface area contributed by atoms with Crippen molar-refractivity contribution in [2.45, 2.75) is 84.4 Å². The molecular formula is C16H32O2Si. The molecule has 0 fully saturated rings. The lowest BCUT2D eigenvalue weighted by Gasteiger charge is -2.29. The quantitative estimate of drug-likeness (QED) is 0.407. The second-order valence-corrected chi connectivity index (χ2v) is 10.3. The zero-order valence-electron chi connectivity index (χ0n) is 13.3. The van der Waals surface area contributed by atoms with Crippen LogP contribution in [0, 0.1) is 0 Å². The maximum Gasteiger partial charge on any atom is 0.330 e. The average molecular weight is 285 g/mol. The van der Waals surface area contributed by atoms with Gasteiger partial charge in [-0.05, 0) is 6.92 Å². The summed E-state index contributed by atoms with van der Waals surface area (Å²) < 4.78 is 0. The molecule has 1 N–H and O–H groups in total. The van der Waals surface area contributed by atoms with Crippen LogP contribution in [0.3, 0.4) is 0 Å². The fourth-order valence-electron chi connectivity index (χ4n) is 2.70. The molecule has 0 aromatic rings. The Labute approximate surface area is 120 Å². The number of carbonyl (C=O) groups is 1. The number of carboxylic acids is 1. The van der Waals surface area contributed by atoms with Crippen LogP contribution in [0.25, 0.3) is 0 Å². The minimum Gasteiger partial charge on any atom is -0.478 e. The van der Waals surface area contributed by atoms with E-state index in [9.17, 15) is 9.90 Å². The Hall–Kier alpha value is -0.573. The zero-order valence-corrected chi connectivity index (χ0v) is 14.3. The van der Waals surface area contributed by atoms with Gasteiger partial charge in [-0.25, -0.2) is 4.79 Å². The standard InChI is InChI=1S/C16H32O2Si/c1-5-8-11-19(12-9-6-2,13-10-7-3)14-15(4)16(17)18/h14H,5-13H2,1-4H3,(H,17,18)/b15-14+. The molecule has 0 aromatic carbocycles. The molecule has 0 aromatic heterocycles. The van der Waals surface area contributed by atoms with Crippen molar-refractivity contribution in [2.75, 3.05) is 0 Å². The topological polar surface area (TPSA) is 37.3 Å². The summed E-state index contributed by atoms with van der Waals surface area (Å²) in [4.78, 5) is 11.2. The van der Waals surface area contributed by atoms with E-state index in [1.165, 1.54) is 56.7 Å². The Morgan fingerprint density at radius 2 is 1.32 bits per heavy atom. The number of aliphatic carboxylic acids is 1. The minimum absolute atomic E-state index is 0.579. The number of rotatable bonds is 11. The van der Waals surface area contributed by atoms with Crippen LogP contribution in [0.2, 0.25) is 18.1 Å². The van der Waals surface area contributed by atoms with Gasteiger partial charge in [0.25, 0.3) is 0 Å². The van der Waals surface area contributed by atoms with Gasteiger partial charge in [0.2, 0.25) is 0 Å². The third kappa shape index (κ3) is 7.56. The highest BCUT2D eigenvalue weighted by molar-refractivity contribution is 6.84. The van der Waals surface area contributed by atoms with E-state index in [1.807, 2.05) is 0 Å². The van der Waals surface area contributed by atoms with Crippen LogP contribution in [0.5, 0.6) is 0 Å². The van der Waals surface area contributed by atoms with Crippen molar-refractivity contribution in [2.24, 2.45) is 0 Å². The molecule has 0 bridgehead atoms. The van der Waals surface area contributed by atoms with E-state index in [2.05, 4.69) is 26.5 Å².